The monoisotopic (exact) mass is 426 g/mol. The number of nitrogens with one attached hydrogen (secondary N) is 1. The van der Waals surface area contributed by atoms with E-state index in [-0.39, 0.29) is 5.91 Å². The molecule has 0 saturated carbocycles. The SMILES string of the molecule is CNCC1Cc2ccccc2N(C(=O)CCc2nc(-c3ccc4ccccc4c3)no2)C1. The van der Waals surface area contributed by atoms with Gasteiger partial charge in [-0.15, -0.1) is 0 Å². The van der Waals surface area contributed by atoms with Crippen molar-refractivity contribution in [1.29, 1.82) is 0 Å². The van der Waals surface area contributed by atoms with E-state index < -0.39 is 0 Å². The van der Waals surface area contributed by atoms with Gasteiger partial charge in [0.05, 0.1) is 0 Å². The number of benzene rings is 3. The van der Waals surface area contributed by atoms with Gasteiger partial charge in [0.15, 0.2) is 0 Å². The number of aryl methyl sites for hydroxylation is 1. The van der Waals surface area contributed by atoms with Crippen LogP contribution in [-0.2, 0) is 17.6 Å². The summed E-state index contributed by atoms with van der Waals surface area (Å²) in [5.74, 6) is 1.53. The smallest absolute Gasteiger partial charge is 0.227 e. The molecule has 1 aliphatic rings. The number of aromatic nitrogens is 2. The van der Waals surface area contributed by atoms with E-state index in [1.165, 1.54) is 10.9 Å². The molecule has 32 heavy (non-hydrogen) atoms. The molecule has 3 aromatic carbocycles. The van der Waals surface area contributed by atoms with Crippen LogP contribution in [-0.4, -0.2) is 36.2 Å². The lowest BCUT2D eigenvalue weighted by molar-refractivity contribution is -0.118. The highest BCUT2D eigenvalue weighted by Crippen LogP contribution is 2.30. The lowest BCUT2D eigenvalue weighted by Crippen LogP contribution is -2.42. The summed E-state index contributed by atoms with van der Waals surface area (Å²) in [6.45, 7) is 1.61. The fourth-order valence-electron chi connectivity index (χ4n) is 4.49. The Kier molecular flexibility index (Phi) is 5.69. The van der Waals surface area contributed by atoms with Crippen LogP contribution in [0.15, 0.2) is 71.3 Å². The van der Waals surface area contributed by atoms with Crippen molar-refractivity contribution in [2.24, 2.45) is 5.92 Å². The van der Waals surface area contributed by atoms with Gasteiger partial charge in [0.25, 0.3) is 0 Å². The number of nitrogens with zero attached hydrogens (tertiary/aromatic N) is 3. The number of rotatable bonds is 6. The second-order valence-electron chi connectivity index (χ2n) is 8.33. The minimum Gasteiger partial charge on any atom is -0.339 e. The van der Waals surface area contributed by atoms with Crippen LogP contribution in [0.5, 0.6) is 0 Å². The molecule has 1 amide bonds. The van der Waals surface area contributed by atoms with Crippen molar-refractivity contribution in [1.82, 2.24) is 15.5 Å². The Labute approximate surface area is 187 Å². The lowest BCUT2D eigenvalue weighted by atomic mass is 9.92. The topological polar surface area (TPSA) is 71.3 Å². The number of carbonyl (C=O) groups excluding carboxylic acids is 1. The highest BCUT2D eigenvalue weighted by atomic mass is 16.5. The quantitative estimate of drug-likeness (QED) is 0.499. The van der Waals surface area contributed by atoms with Gasteiger partial charge in [-0.25, -0.2) is 0 Å². The molecule has 1 atom stereocenters. The molecular formula is C26H26N4O2. The van der Waals surface area contributed by atoms with Crippen molar-refractivity contribution in [2.75, 3.05) is 25.0 Å². The Morgan fingerprint density at radius 3 is 2.78 bits per heavy atom. The summed E-state index contributed by atoms with van der Waals surface area (Å²) in [7, 11) is 1.95. The summed E-state index contributed by atoms with van der Waals surface area (Å²) in [6, 6.07) is 22.5. The van der Waals surface area contributed by atoms with Crippen LogP contribution in [0.3, 0.4) is 0 Å². The van der Waals surface area contributed by atoms with Gasteiger partial charge in [-0.05, 0) is 54.4 Å². The minimum atomic E-state index is 0.0868. The van der Waals surface area contributed by atoms with E-state index in [2.05, 4.69) is 45.8 Å². The third kappa shape index (κ3) is 4.14. The Bertz CT molecular complexity index is 1250. The first kappa shape index (κ1) is 20.4. The summed E-state index contributed by atoms with van der Waals surface area (Å²) in [5.41, 5.74) is 3.15. The maximum Gasteiger partial charge on any atom is 0.227 e. The minimum absolute atomic E-state index is 0.0868. The Morgan fingerprint density at radius 1 is 1.09 bits per heavy atom. The van der Waals surface area contributed by atoms with E-state index in [0.29, 0.717) is 30.5 Å². The molecule has 0 saturated heterocycles. The summed E-state index contributed by atoms with van der Waals surface area (Å²) in [5, 5.41) is 9.68. The van der Waals surface area contributed by atoms with Crippen molar-refractivity contribution >= 4 is 22.4 Å². The predicted octanol–water partition coefficient (Wildman–Crippen LogP) is 4.25. The molecule has 0 spiro atoms. The highest BCUT2D eigenvalue weighted by Gasteiger charge is 2.28. The van der Waals surface area contributed by atoms with E-state index in [1.807, 2.05) is 48.3 Å². The van der Waals surface area contributed by atoms with Crippen LogP contribution in [0, 0.1) is 5.92 Å². The Hall–Kier alpha value is -3.51. The molecule has 6 nitrogen and oxygen atoms in total. The zero-order valence-electron chi connectivity index (χ0n) is 18.1. The van der Waals surface area contributed by atoms with Crippen LogP contribution >= 0.6 is 0 Å². The number of hydrogen-bond donors (Lipinski definition) is 1. The summed E-state index contributed by atoms with van der Waals surface area (Å²) in [4.78, 5) is 19.6. The van der Waals surface area contributed by atoms with Crippen LogP contribution in [0.4, 0.5) is 5.69 Å². The van der Waals surface area contributed by atoms with Gasteiger partial charge in [-0.1, -0.05) is 59.8 Å². The van der Waals surface area contributed by atoms with Gasteiger partial charge >= 0.3 is 0 Å². The number of para-hydroxylation sites is 1. The predicted molar refractivity (Wildman–Crippen MR) is 125 cm³/mol. The van der Waals surface area contributed by atoms with Gasteiger partial charge in [0.1, 0.15) is 0 Å². The number of fused-ring (bicyclic) bond motifs is 2. The second kappa shape index (κ2) is 8.93. The number of carbonyl (C=O) groups is 1. The molecule has 0 radical (unpaired) electrons. The van der Waals surface area contributed by atoms with Crippen molar-refractivity contribution in [2.45, 2.75) is 19.3 Å². The Morgan fingerprint density at radius 2 is 1.91 bits per heavy atom. The molecule has 162 valence electrons. The molecule has 1 unspecified atom stereocenters. The largest absolute Gasteiger partial charge is 0.339 e. The summed E-state index contributed by atoms with van der Waals surface area (Å²) >= 11 is 0. The average molecular weight is 427 g/mol. The van der Waals surface area contributed by atoms with E-state index >= 15 is 0 Å². The number of anilines is 1. The van der Waals surface area contributed by atoms with Crippen LogP contribution in [0.2, 0.25) is 0 Å². The molecule has 6 heteroatoms. The first-order chi connectivity index (χ1) is 15.7. The summed E-state index contributed by atoms with van der Waals surface area (Å²) < 4.78 is 5.46. The molecule has 0 aliphatic carbocycles. The molecule has 0 bridgehead atoms. The second-order valence-corrected chi connectivity index (χ2v) is 8.33. The van der Waals surface area contributed by atoms with Crippen molar-refractivity contribution in [3.63, 3.8) is 0 Å². The molecule has 1 N–H and O–H groups in total. The molecular weight excluding hydrogens is 400 g/mol. The van der Waals surface area contributed by atoms with Gasteiger partial charge in [-0.3, -0.25) is 4.79 Å². The maximum absolute atomic E-state index is 13.1. The first-order valence-electron chi connectivity index (χ1n) is 11.1. The molecule has 5 rings (SSSR count). The molecule has 1 aliphatic heterocycles. The lowest BCUT2D eigenvalue weighted by Gasteiger charge is -2.34. The number of hydrogen-bond acceptors (Lipinski definition) is 5. The van der Waals surface area contributed by atoms with E-state index in [1.54, 1.807) is 0 Å². The third-order valence-electron chi connectivity index (χ3n) is 6.05. The zero-order chi connectivity index (χ0) is 21.9. The van der Waals surface area contributed by atoms with Gasteiger partial charge < -0.3 is 14.7 Å². The normalized spacial score (nSPS) is 15.7. The van der Waals surface area contributed by atoms with Gasteiger partial charge in [-0.2, -0.15) is 4.98 Å². The van der Waals surface area contributed by atoms with E-state index in [0.717, 1.165) is 36.1 Å². The van der Waals surface area contributed by atoms with Crippen LogP contribution in [0.25, 0.3) is 22.2 Å². The van der Waals surface area contributed by atoms with Crippen LogP contribution < -0.4 is 10.2 Å². The molecule has 1 aromatic heterocycles. The zero-order valence-corrected chi connectivity index (χ0v) is 18.1. The molecule has 0 fully saturated rings. The van der Waals surface area contributed by atoms with E-state index in [9.17, 15) is 4.79 Å². The van der Waals surface area contributed by atoms with Crippen LogP contribution in [0.1, 0.15) is 17.9 Å². The third-order valence-corrected chi connectivity index (χ3v) is 6.05. The van der Waals surface area contributed by atoms with Gasteiger partial charge in [0, 0.05) is 30.6 Å². The Balaban J connectivity index is 1.29. The van der Waals surface area contributed by atoms with Crippen molar-refractivity contribution in [3.05, 3.63) is 78.2 Å². The van der Waals surface area contributed by atoms with Gasteiger partial charge in [0.2, 0.25) is 17.6 Å². The molecule has 4 aromatic rings. The maximum atomic E-state index is 13.1. The molecule has 2 heterocycles. The van der Waals surface area contributed by atoms with Crippen molar-refractivity contribution < 1.29 is 9.32 Å². The fourth-order valence-corrected chi connectivity index (χ4v) is 4.49. The fraction of sp³-hybridized carbons (Fsp3) is 0.269. The van der Waals surface area contributed by atoms with Crippen molar-refractivity contribution in [3.8, 4) is 11.4 Å². The summed E-state index contributed by atoms with van der Waals surface area (Å²) in [6.07, 6.45) is 1.74. The highest BCUT2D eigenvalue weighted by molar-refractivity contribution is 5.94. The standard InChI is InChI=1S/C26H26N4O2/c1-27-16-18-14-21-8-4-5-9-23(21)30(17-18)25(31)13-12-24-28-26(29-32-24)22-11-10-19-6-2-3-7-20(19)15-22/h2-11,15,18,27H,12-14,16-17H2,1H3. The average Bonchev–Trinajstić information content (AvgIpc) is 3.31. The first-order valence-corrected chi connectivity index (χ1v) is 11.1. The number of amides is 1. The van der Waals surface area contributed by atoms with E-state index in [4.69, 9.17) is 4.52 Å².